The van der Waals surface area contributed by atoms with Crippen molar-refractivity contribution >= 4 is 0 Å². The highest BCUT2D eigenvalue weighted by Gasteiger charge is 2.17. The SMILES string of the molecule is CC#CCCC(NCC)C(CC)OC. The van der Waals surface area contributed by atoms with E-state index in [4.69, 9.17) is 4.74 Å². The fraction of sp³-hybridized carbons (Fsp3) is 0.833. The molecule has 0 spiro atoms. The van der Waals surface area contributed by atoms with Crippen LogP contribution in [0.4, 0.5) is 0 Å². The van der Waals surface area contributed by atoms with Crippen molar-refractivity contribution in [3.63, 3.8) is 0 Å². The third-order valence-electron chi connectivity index (χ3n) is 2.38. The molecule has 0 aromatic heterocycles. The lowest BCUT2D eigenvalue weighted by molar-refractivity contribution is 0.0635. The quantitative estimate of drug-likeness (QED) is 0.632. The van der Waals surface area contributed by atoms with E-state index in [1.165, 1.54) is 0 Å². The van der Waals surface area contributed by atoms with Gasteiger partial charge in [0.2, 0.25) is 0 Å². The molecular formula is C12H23NO. The predicted molar refractivity (Wildman–Crippen MR) is 61.2 cm³/mol. The maximum absolute atomic E-state index is 5.43. The summed E-state index contributed by atoms with van der Waals surface area (Å²) in [6.45, 7) is 7.16. The molecule has 0 radical (unpaired) electrons. The van der Waals surface area contributed by atoms with Gasteiger partial charge in [0.15, 0.2) is 0 Å². The normalized spacial score (nSPS) is 14.3. The van der Waals surface area contributed by atoms with Gasteiger partial charge in [0, 0.05) is 19.6 Å². The molecule has 0 heterocycles. The first-order valence-electron chi connectivity index (χ1n) is 5.45. The second-order valence-electron chi connectivity index (χ2n) is 3.31. The zero-order chi connectivity index (χ0) is 10.8. The molecule has 14 heavy (non-hydrogen) atoms. The van der Waals surface area contributed by atoms with Crippen molar-refractivity contribution in [2.24, 2.45) is 0 Å². The maximum Gasteiger partial charge on any atom is 0.0721 e. The van der Waals surface area contributed by atoms with E-state index in [0.717, 1.165) is 25.8 Å². The Hall–Kier alpha value is -0.520. The first-order chi connectivity index (χ1) is 6.79. The average Bonchev–Trinajstić information content (AvgIpc) is 2.20. The van der Waals surface area contributed by atoms with Crippen molar-refractivity contribution in [2.45, 2.75) is 52.2 Å². The first kappa shape index (κ1) is 13.5. The molecule has 2 nitrogen and oxygen atoms in total. The molecule has 0 aliphatic heterocycles. The number of rotatable bonds is 7. The van der Waals surface area contributed by atoms with E-state index in [-0.39, 0.29) is 0 Å². The summed E-state index contributed by atoms with van der Waals surface area (Å²) in [5.74, 6) is 6.02. The molecule has 0 bridgehead atoms. The van der Waals surface area contributed by atoms with Gasteiger partial charge in [0.25, 0.3) is 0 Å². The number of likely N-dealkylation sites (N-methyl/N-ethyl adjacent to an activating group) is 1. The van der Waals surface area contributed by atoms with E-state index >= 15 is 0 Å². The lowest BCUT2D eigenvalue weighted by atomic mass is 10.0. The standard InChI is InChI=1S/C12H23NO/c1-5-8-9-10-11(13-7-3)12(6-2)14-4/h11-13H,6-7,9-10H2,1-4H3. The number of hydrogen-bond donors (Lipinski definition) is 1. The van der Waals surface area contributed by atoms with Crippen LogP contribution in [-0.4, -0.2) is 25.8 Å². The minimum Gasteiger partial charge on any atom is -0.380 e. The molecule has 0 amide bonds. The van der Waals surface area contributed by atoms with Crippen LogP contribution in [0.15, 0.2) is 0 Å². The summed E-state index contributed by atoms with van der Waals surface area (Å²) >= 11 is 0. The summed E-state index contributed by atoms with van der Waals surface area (Å²) in [6.07, 6.45) is 3.39. The molecule has 0 fully saturated rings. The number of nitrogens with one attached hydrogen (secondary N) is 1. The molecule has 0 saturated heterocycles. The van der Waals surface area contributed by atoms with E-state index in [0.29, 0.717) is 12.1 Å². The molecule has 82 valence electrons. The van der Waals surface area contributed by atoms with Gasteiger partial charge in [-0.3, -0.25) is 0 Å². The zero-order valence-corrected chi connectivity index (χ0v) is 9.89. The Bertz CT molecular complexity index is 176. The third-order valence-corrected chi connectivity index (χ3v) is 2.38. The Morgan fingerprint density at radius 3 is 2.50 bits per heavy atom. The second-order valence-corrected chi connectivity index (χ2v) is 3.31. The molecular weight excluding hydrogens is 174 g/mol. The van der Waals surface area contributed by atoms with Crippen LogP contribution in [-0.2, 0) is 4.74 Å². The lowest BCUT2D eigenvalue weighted by Crippen LogP contribution is -2.40. The van der Waals surface area contributed by atoms with Crippen LogP contribution < -0.4 is 5.32 Å². The predicted octanol–water partition coefficient (Wildman–Crippen LogP) is 2.19. The van der Waals surface area contributed by atoms with E-state index < -0.39 is 0 Å². The van der Waals surface area contributed by atoms with E-state index in [2.05, 4.69) is 31.0 Å². The van der Waals surface area contributed by atoms with E-state index in [1.807, 2.05) is 6.92 Å². The molecule has 2 atom stereocenters. The van der Waals surface area contributed by atoms with Gasteiger partial charge in [0.05, 0.1) is 6.10 Å². The van der Waals surface area contributed by atoms with Crippen LogP contribution in [0.1, 0.15) is 40.0 Å². The molecule has 0 aliphatic carbocycles. The minimum absolute atomic E-state index is 0.314. The van der Waals surface area contributed by atoms with Crippen molar-refractivity contribution in [1.29, 1.82) is 0 Å². The summed E-state index contributed by atoms with van der Waals surface area (Å²) < 4.78 is 5.43. The Labute approximate surface area is 88.4 Å². The van der Waals surface area contributed by atoms with Gasteiger partial charge < -0.3 is 10.1 Å². The zero-order valence-electron chi connectivity index (χ0n) is 9.89. The van der Waals surface area contributed by atoms with E-state index in [1.54, 1.807) is 7.11 Å². The van der Waals surface area contributed by atoms with Crippen molar-refractivity contribution in [1.82, 2.24) is 5.32 Å². The van der Waals surface area contributed by atoms with E-state index in [9.17, 15) is 0 Å². The van der Waals surface area contributed by atoms with Gasteiger partial charge in [-0.1, -0.05) is 13.8 Å². The molecule has 0 aliphatic rings. The number of methoxy groups -OCH3 is 1. The molecule has 0 rings (SSSR count). The van der Waals surface area contributed by atoms with Gasteiger partial charge in [0.1, 0.15) is 0 Å². The molecule has 0 aromatic carbocycles. The summed E-state index contributed by atoms with van der Waals surface area (Å²) in [7, 11) is 1.78. The number of hydrogen-bond acceptors (Lipinski definition) is 2. The summed E-state index contributed by atoms with van der Waals surface area (Å²) in [5, 5.41) is 3.45. The van der Waals surface area contributed by atoms with Crippen LogP contribution >= 0.6 is 0 Å². The second kappa shape index (κ2) is 9.05. The van der Waals surface area contributed by atoms with Crippen molar-refractivity contribution in [3.05, 3.63) is 0 Å². The van der Waals surface area contributed by atoms with Crippen LogP contribution in [0.5, 0.6) is 0 Å². The van der Waals surface area contributed by atoms with Crippen molar-refractivity contribution in [2.75, 3.05) is 13.7 Å². The largest absolute Gasteiger partial charge is 0.380 e. The van der Waals surface area contributed by atoms with Crippen LogP contribution in [0, 0.1) is 11.8 Å². The van der Waals surface area contributed by atoms with Gasteiger partial charge in [-0.05, 0) is 26.3 Å². The fourth-order valence-corrected chi connectivity index (χ4v) is 1.65. The smallest absolute Gasteiger partial charge is 0.0721 e. The van der Waals surface area contributed by atoms with Crippen LogP contribution in [0.3, 0.4) is 0 Å². The minimum atomic E-state index is 0.314. The highest BCUT2D eigenvalue weighted by atomic mass is 16.5. The Morgan fingerprint density at radius 1 is 1.36 bits per heavy atom. The van der Waals surface area contributed by atoms with Gasteiger partial charge in [-0.2, -0.15) is 0 Å². The van der Waals surface area contributed by atoms with Crippen molar-refractivity contribution < 1.29 is 4.74 Å². The molecule has 0 aromatic rings. The highest BCUT2D eigenvalue weighted by molar-refractivity contribution is 4.96. The summed E-state index contributed by atoms with van der Waals surface area (Å²) in [4.78, 5) is 0. The Morgan fingerprint density at radius 2 is 2.07 bits per heavy atom. The van der Waals surface area contributed by atoms with Gasteiger partial charge in [-0.25, -0.2) is 0 Å². The van der Waals surface area contributed by atoms with Crippen molar-refractivity contribution in [3.8, 4) is 11.8 Å². The van der Waals surface area contributed by atoms with Crippen LogP contribution in [0.25, 0.3) is 0 Å². The molecule has 0 saturated carbocycles. The average molecular weight is 197 g/mol. The molecule has 2 unspecified atom stereocenters. The molecule has 1 N–H and O–H groups in total. The van der Waals surface area contributed by atoms with Crippen LogP contribution in [0.2, 0.25) is 0 Å². The summed E-state index contributed by atoms with van der Waals surface area (Å²) in [5.41, 5.74) is 0. The maximum atomic E-state index is 5.43. The highest BCUT2D eigenvalue weighted by Crippen LogP contribution is 2.08. The number of ether oxygens (including phenoxy) is 1. The first-order valence-corrected chi connectivity index (χ1v) is 5.45. The molecule has 2 heteroatoms. The van der Waals surface area contributed by atoms with Gasteiger partial charge in [-0.15, -0.1) is 11.8 Å². The monoisotopic (exact) mass is 197 g/mol. The Kier molecular flexibility index (Phi) is 8.72. The lowest BCUT2D eigenvalue weighted by Gasteiger charge is -2.25. The topological polar surface area (TPSA) is 21.3 Å². The Balaban J connectivity index is 4.01. The fourth-order valence-electron chi connectivity index (χ4n) is 1.65. The third kappa shape index (κ3) is 5.26. The summed E-state index contributed by atoms with van der Waals surface area (Å²) in [6, 6.07) is 0.441. The van der Waals surface area contributed by atoms with Gasteiger partial charge >= 0.3 is 0 Å².